The number of nitrogens with zero attached hydrogens (tertiary/aromatic N) is 2. The van der Waals surface area contributed by atoms with E-state index in [1.54, 1.807) is 12.1 Å². The molecular formula is C20H24F2N2O4. The number of hydrogen-bond donors (Lipinski definition) is 0. The van der Waals surface area contributed by atoms with Gasteiger partial charge in [0.15, 0.2) is 11.5 Å². The van der Waals surface area contributed by atoms with Crippen molar-refractivity contribution in [3.05, 3.63) is 23.8 Å². The van der Waals surface area contributed by atoms with Gasteiger partial charge in [-0.05, 0) is 49.3 Å². The third kappa shape index (κ3) is 4.90. The van der Waals surface area contributed by atoms with Gasteiger partial charge in [-0.3, -0.25) is 9.69 Å². The number of carbonyl (C=O) groups excluding carboxylic acids is 1. The molecule has 6 nitrogen and oxygen atoms in total. The maximum absolute atomic E-state index is 12.7. The Hall–Kier alpha value is -2.40. The number of halogens is 2. The molecule has 0 unspecified atom stereocenters. The Balaban J connectivity index is 1.77. The fourth-order valence-electron chi connectivity index (χ4n) is 3.41. The molecule has 3 rings (SSSR count). The number of nitriles is 1. The van der Waals surface area contributed by atoms with Gasteiger partial charge in [0.05, 0.1) is 31.7 Å². The highest BCUT2D eigenvalue weighted by atomic mass is 19.3. The summed E-state index contributed by atoms with van der Waals surface area (Å²) in [5, 5.41) is 9.89. The minimum absolute atomic E-state index is 0.0179. The van der Waals surface area contributed by atoms with Crippen LogP contribution < -0.4 is 9.47 Å². The topological polar surface area (TPSA) is 71.8 Å². The predicted octanol–water partition coefficient (Wildman–Crippen LogP) is 3.11. The van der Waals surface area contributed by atoms with Crippen LogP contribution in [0.4, 0.5) is 8.78 Å². The molecule has 1 aliphatic carbocycles. The zero-order valence-electron chi connectivity index (χ0n) is 15.8. The summed E-state index contributed by atoms with van der Waals surface area (Å²) < 4.78 is 40.4. The molecule has 1 heterocycles. The van der Waals surface area contributed by atoms with E-state index in [1.807, 2.05) is 4.90 Å². The van der Waals surface area contributed by atoms with E-state index in [0.29, 0.717) is 38.5 Å². The standard InChI is InChI=1S/C20H24F2N2O4/c1-26-18(25)11-24-8-6-20(13-23,7-9-24)15-4-5-16(28-19(21)22)17(10-15)27-12-14-2-3-14/h4-5,10,14,19H,2-3,6-9,11-12H2,1H3. The third-order valence-electron chi connectivity index (χ3n) is 5.39. The minimum Gasteiger partial charge on any atom is -0.489 e. The highest BCUT2D eigenvalue weighted by Crippen LogP contribution is 2.40. The van der Waals surface area contributed by atoms with E-state index in [9.17, 15) is 18.8 Å². The Morgan fingerprint density at radius 3 is 2.61 bits per heavy atom. The van der Waals surface area contributed by atoms with Crippen molar-refractivity contribution in [3.63, 3.8) is 0 Å². The lowest BCUT2D eigenvalue weighted by atomic mass is 9.74. The van der Waals surface area contributed by atoms with Gasteiger partial charge in [-0.1, -0.05) is 6.07 Å². The van der Waals surface area contributed by atoms with Gasteiger partial charge < -0.3 is 14.2 Å². The summed E-state index contributed by atoms with van der Waals surface area (Å²) in [5.41, 5.74) is -0.0339. The summed E-state index contributed by atoms with van der Waals surface area (Å²) in [5.74, 6) is 0.371. The molecule has 0 bridgehead atoms. The van der Waals surface area contributed by atoms with Gasteiger partial charge in [0.2, 0.25) is 0 Å². The molecule has 1 aliphatic heterocycles. The fraction of sp³-hybridized carbons (Fsp3) is 0.600. The van der Waals surface area contributed by atoms with Crippen LogP contribution in [0.1, 0.15) is 31.2 Å². The second kappa shape index (κ2) is 8.74. The first-order valence-corrected chi connectivity index (χ1v) is 9.38. The first-order valence-electron chi connectivity index (χ1n) is 9.38. The summed E-state index contributed by atoms with van der Waals surface area (Å²) in [7, 11) is 1.35. The van der Waals surface area contributed by atoms with E-state index >= 15 is 0 Å². The van der Waals surface area contributed by atoms with Gasteiger partial charge in [-0.2, -0.15) is 14.0 Å². The highest BCUT2D eigenvalue weighted by Gasteiger charge is 2.37. The number of esters is 1. The molecule has 0 amide bonds. The van der Waals surface area contributed by atoms with Crippen molar-refractivity contribution in [1.82, 2.24) is 4.90 Å². The summed E-state index contributed by atoms with van der Waals surface area (Å²) in [6, 6.07) is 7.15. The number of rotatable bonds is 8. The Kier molecular flexibility index (Phi) is 6.35. The molecule has 0 radical (unpaired) electrons. The lowest BCUT2D eigenvalue weighted by molar-refractivity contribution is -0.142. The highest BCUT2D eigenvalue weighted by molar-refractivity contribution is 5.71. The van der Waals surface area contributed by atoms with Crippen molar-refractivity contribution in [3.8, 4) is 17.6 Å². The summed E-state index contributed by atoms with van der Waals surface area (Å²) in [6.07, 6.45) is 3.20. The van der Waals surface area contributed by atoms with Crippen LogP contribution in [0.5, 0.6) is 11.5 Å². The number of benzene rings is 1. The minimum atomic E-state index is -2.94. The second-order valence-corrected chi connectivity index (χ2v) is 7.34. The predicted molar refractivity (Wildman–Crippen MR) is 96.3 cm³/mol. The number of alkyl halides is 2. The summed E-state index contributed by atoms with van der Waals surface area (Å²) >= 11 is 0. The van der Waals surface area contributed by atoms with E-state index < -0.39 is 12.0 Å². The SMILES string of the molecule is COC(=O)CN1CCC(C#N)(c2ccc(OC(F)F)c(OCC3CC3)c2)CC1. The lowest BCUT2D eigenvalue weighted by Crippen LogP contribution is -2.44. The van der Waals surface area contributed by atoms with Crippen LogP contribution in [0, 0.1) is 17.2 Å². The van der Waals surface area contributed by atoms with Gasteiger partial charge in [0, 0.05) is 13.1 Å². The van der Waals surface area contributed by atoms with Gasteiger partial charge in [-0.25, -0.2) is 0 Å². The van der Waals surface area contributed by atoms with Crippen molar-refractivity contribution < 1.29 is 27.8 Å². The van der Waals surface area contributed by atoms with Crippen molar-refractivity contribution in [2.24, 2.45) is 5.92 Å². The van der Waals surface area contributed by atoms with Gasteiger partial charge in [-0.15, -0.1) is 0 Å². The Bertz CT molecular complexity index is 738. The maximum Gasteiger partial charge on any atom is 0.387 e. The van der Waals surface area contributed by atoms with Crippen LogP contribution in [0.2, 0.25) is 0 Å². The normalized spacial score (nSPS) is 19.1. The molecule has 1 aromatic carbocycles. The molecule has 152 valence electrons. The van der Waals surface area contributed by atoms with Crippen molar-refractivity contribution in [1.29, 1.82) is 5.26 Å². The molecule has 0 aromatic heterocycles. The van der Waals surface area contributed by atoms with Crippen molar-refractivity contribution >= 4 is 5.97 Å². The number of methoxy groups -OCH3 is 1. The first kappa shape index (κ1) is 20.3. The van der Waals surface area contributed by atoms with Crippen LogP contribution >= 0.6 is 0 Å². The van der Waals surface area contributed by atoms with Crippen LogP contribution in [-0.2, 0) is 14.9 Å². The third-order valence-corrected chi connectivity index (χ3v) is 5.39. The second-order valence-electron chi connectivity index (χ2n) is 7.34. The molecule has 1 saturated carbocycles. The molecule has 1 aromatic rings. The Morgan fingerprint density at radius 1 is 1.32 bits per heavy atom. The number of carbonyl (C=O) groups is 1. The zero-order chi connectivity index (χ0) is 20.1. The summed E-state index contributed by atoms with van der Waals surface area (Å²) in [4.78, 5) is 13.4. The van der Waals surface area contributed by atoms with Gasteiger partial charge in [0.25, 0.3) is 0 Å². The van der Waals surface area contributed by atoms with E-state index in [1.165, 1.54) is 13.2 Å². The summed E-state index contributed by atoms with van der Waals surface area (Å²) in [6.45, 7) is -1.17. The van der Waals surface area contributed by atoms with E-state index in [-0.39, 0.29) is 24.0 Å². The Labute approximate surface area is 163 Å². The Morgan fingerprint density at radius 2 is 2.04 bits per heavy atom. The molecule has 0 N–H and O–H groups in total. The van der Waals surface area contributed by atoms with Crippen LogP contribution in [0.15, 0.2) is 18.2 Å². The quantitative estimate of drug-likeness (QED) is 0.631. The average Bonchev–Trinajstić information content (AvgIpc) is 3.52. The van der Waals surface area contributed by atoms with E-state index in [4.69, 9.17) is 9.47 Å². The van der Waals surface area contributed by atoms with Crippen molar-refractivity contribution in [2.75, 3.05) is 33.4 Å². The van der Waals surface area contributed by atoms with E-state index in [2.05, 4.69) is 10.8 Å². The molecule has 28 heavy (non-hydrogen) atoms. The molecule has 0 spiro atoms. The lowest BCUT2D eigenvalue weighted by Gasteiger charge is -2.37. The number of hydrogen-bond acceptors (Lipinski definition) is 6. The fourth-order valence-corrected chi connectivity index (χ4v) is 3.41. The zero-order valence-corrected chi connectivity index (χ0v) is 15.8. The van der Waals surface area contributed by atoms with Crippen molar-refractivity contribution in [2.45, 2.75) is 37.7 Å². The average molecular weight is 394 g/mol. The van der Waals surface area contributed by atoms with Crippen LogP contribution in [0.25, 0.3) is 0 Å². The van der Waals surface area contributed by atoms with Gasteiger partial charge in [0.1, 0.15) is 0 Å². The molecular weight excluding hydrogens is 370 g/mol. The smallest absolute Gasteiger partial charge is 0.387 e. The largest absolute Gasteiger partial charge is 0.489 e. The van der Waals surface area contributed by atoms with Crippen LogP contribution in [-0.4, -0.2) is 50.8 Å². The first-order chi connectivity index (χ1) is 13.5. The molecule has 1 saturated heterocycles. The van der Waals surface area contributed by atoms with Crippen LogP contribution in [0.3, 0.4) is 0 Å². The number of likely N-dealkylation sites (tertiary alicyclic amines) is 1. The number of piperidine rings is 1. The molecule has 2 aliphatic rings. The molecule has 8 heteroatoms. The molecule has 2 fully saturated rings. The van der Waals surface area contributed by atoms with E-state index in [0.717, 1.165) is 18.4 Å². The monoisotopic (exact) mass is 394 g/mol. The van der Waals surface area contributed by atoms with Gasteiger partial charge >= 0.3 is 12.6 Å². The number of ether oxygens (including phenoxy) is 3. The molecule has 0 atom stereocenters. The maximum atomic E-state index is 12.7.